The fourth-order valence-electron chi connectivity index (χ4n) is 2.81. The molecule has 0 aliphatic rings. The van der Waals surface area contributed by atoms with Gasteiger partial charge in [0.1, 0.15) is 18.2 Å². The Morgan fingerprint density at radius 3 is 1.96 bits per heavy atom. The summed E-state index contributed by atoms with van der Waals surface area (Å²) in [6, 6.07) is -1.21. The second-order valence-electron chi connectivity index (χ2n) is 8.60. The molecule has 2 atom stereocenters. The van der Waals surface area contributed by atoms with E-state index in [2.05, 4.69) is 10.6 Å². The summed E-state index contributed by atoms with van der Waals surface area (Å²) in [5.41, 5.74) is -1.56. The molecule has 0 rings (SSSR count). The van der Waals surface area contributed by atoms with Crippen LogP contribution < -0.4 is 10.6 Å². The first-order chi connectivity index (χ1) is 12.6. The highest BCUT2D eigenvalue weighted by Gasteiger charge is 2.39. The molecule has 0 aliphatic carbocycles. The third-order valence-electron chi connectivity index (χ3n) is 3.99. The van der Waals surface area contributed by atoms with Crippen molar-refractivity contribution in [1.29, 1.82) is 0 Å². The Labute approximate surface area is 167 Å². The van der Waals surface area contributed by atoms with Crippen LogP contribution in [0.2, 0.25) is 0 Å². The zero-order valence-electron chi connectivity index (χ0n) is 18.2. The number of amides is 3. The van der Waals surface area contributed by atoms with E-state index in [0.717, 1.165) is 0 Å². The van der Waals surface area contributed by atoms with Gasteiger partial charge in [0.05, 0.1) is 0 Å². The molecule has 0 spiro atoms. The number of rotatable bonds is 8. The number of ether oxygens (including phenoxy) is 1. The van der Waals surface area contributed by atoms with E-state index < -0.39 is 47.6 Å². The van der Waals surface area contributed by atoms with Crippen molar-refractivity contribution in [3.63, 3.8) is 0 Å². The molecule has 0 aromatic rings. The van der Waals surface area contributed by atoms with Crippen LogP contribution in [0.15, 0.2) is 0 Å². The first kappa shape index (κ1) is 25.7. The lowest BCUT2D eigenvalue weighted by molar-refractivity contribution is -0.156. The van der Waals surface area contributed by atoms with Gasteiger partial charge in [0.2, 0.25) is 11.8 Å². The Kier molecular flexibility index (Phi) is 9.43. The molecule has 3 amide bonds. The maximum Gasteiger partial charge on any atom is 0.408 e. The molecule has 0 fully saturated rings. The van der Waals surface area contributed by atoms with Gasteiger partial charge in [0.15, 0.2) is 0 Å². The second kappa shape index (κ2) is 10.3. The number of carboxylic acids is 1. The van der Waals surface area contributed by atoms with Gasteiger partial charge in [-0.15, -0.1) is 0 Å². The normalized spacial score (nSPS) is 13.9. The van der Waals surface area contributed by atoms with E-state index in [0.29, 0.717) is 6.42 Å². The Balaban J connectivity index is 5.49. The van der Waals surface area contributed by atoms with Crippen LogP contribution in [0.3, 0.4) is 0 Å². The van der Waals surface area contributed by atoms with Gasteiger partial charge >= 0.3 is 12.1 Å². The molecule has 0 heterocycles. The van der Waals surface area contributed by atoms with Crippen LogP contribution in [0, 0.1) is 5.92 Å². The standard InChI is InChI=1S/C19H35N3O6/c1-9-12(15(24)20-8)10-13(16(25)26)22(18(2,3)4)14(23)11-21-17(27)28-19(5,6)7/h12-13H,9-11H2,1-8H3,(H,20,24)(H,21,27)(H,25,26)/t12-,13?/m0/s1. The predicted octanol–water partition coefficient (Wildman–Crippen LogP) is 1.75. The van der Waals surface area contributed by atoms with Crippen molar-refractivity contribution in [2.24, 2.45) is 5.92 Å². The summed E-state index contributed by atoms with van der Waals surface area (Å²) in [6.07, 6.45) is -0.356. The second-order valence-corrected chi connectivity index (χ2v) is 8.60. The maximum atomic E-state index is 12.8. The molecule has 0 saturated heterocycles. The van der Waals surface area contributed by atoms with Crippen molar-refractivity contribution in [2.75, 3.05) is 13.6 Å². The van der Waals surface area contributed by atoms with Gasteiger partial charge < -0.3 is 25.4 Å². The fraction of sp³-hybridized carbons (Fsp3) is 0.789. The fourth-order valence-corrected chi connectivity index (χ4v) is 2.81. The van der Waals surface area contributed by atoms with E-state index in [9.17, 15) is 24.3 Å². The summed E-state index contributed by atoms with van der Waals surface area (Å²) in [5, 5.41) is 14.6. The Hall–Kier alpha value is -2.32. The Morgan fingerprint density at radius 1 is 1.07 bits per heavy atom. The highest BCUT2D eigenvalue weighted by molar-refractivity contribution is 5.88. The van der Waals surface area contributed by atoms with E-state index in [4.69, 9.17) is 4.74 Å². The summed E-state index contributed by atoms with van der Waals surface area (Å²) < 4.78 is 5.10. The van der Waals surface area contributed by atoms with Crippen molar-refractivity contribution in [3.8, 4) is 0 Å². The average molecular weight is 402 g/mol. The zero-order valence-corrected chi connectivity index (χ0v) is 18.2. The molecule has 9 heteroatoms. The summed E-state index contributed by atoms with van der Waals surface area (Å²) in [5.74, 6) is -2.61. The monoisotopic (exact) mass is 401 g/mol. The van der Waals surface area contributed by atoms with Crippen LogP contribution in [0.25, 0.3) is 0 Å². The quantitative estimate of drug-likeness (QED) is 0.569. The van der Waals surface area contributed by atoms with Gasteiger partial charge in [-0.3, -0.25) is 9.59 Å². The molecule has 0 saturated carbocycles. The zero-order chi connectivity index (χ0) is 22.3. The number of aliphatic carboxylic acids is 1. The molecule has 0 radical (unpaired) electrons. The molecule has 0 aliphatic heterocycles. The summed E-state index contributed by atoms with van der Waals surface area (Å²) in [7, 11) is 1.48. The van der Waals surface area contributed by atoms with Crippen LogP contribution in [0.5, 0.6) is 0 Å². The van der Waals surface area contributed by atoms with Gasteiger partial charge in [-0.05, 0) is 54.4 Å². The van der Waals surface area contributed by atoms with Crippen molar-refractivity contribution in [1.82, 2.24) is 15.5 Å². The number of hydrogen-bond acceptors (Lipinski definition) is 5. The van der Waals surface area contributed by atoms with Gasteiger partial charge in [0.25, 0.3) is 0 Å². The van der Waals surface area contributed by atoms with Crippen LogP contribution in [-0.4, -0.2) is 64.7 Å². The number of alkyl carbamates (subject to hydrolysis) is 1. The number of hydrogen-bond donors (Lipinski definition) is 3. The molecular formula is C19H35N3O6. The van der Waals surface area contributed by atoms with E-state index in [1.807, 2.05) is 0 Å². The average Bonchev–Trinajstić information content (AvgIpc) is 2.52. The number of carbonyl (C=O) groups is 4. The van der Waals surface area contributed by atoms with E-state index >= 15 is 0 Å². The largest absolute Gasteiger partial charge is 0.480 e. The Bertz CT molecular complexity index is 577. The highest BCUT2D eigenvalue weighted by atomic mass is 16.6. The predicted molar refractivity (Wildman–Crippen MR) is 105 cm³/mol. The SMILES string of the molecule is CC[C@@H](CC(C(=O)O)N(C(=O)CNC(=O)OC(C)(C)C)C(C)(C)C)C(=O)NC. The molecule has 0 aromatic heterocycles. The van der Waals surface area contributed by atoms with Crippen molar-refractivity contribution in [2.45, 2.75) is 78.5 Å². The lowest BCUT2D eigenvalue weighted by atomic mass is 9.92. The molecular weight excluding hydrogens is 366 g/mol. The third kappa shape index (κ3) is 8.58. The third-order valence-corrected chi connectivity index (χ3v) is 3.99. The molecule has 0 aromatic carbocycles. The topological polar surface area (TPSA) is 125 Å². The van der Waals surface area contributed by atoms with Crippen molar-refractivity contribution < 1.29 is 29.0 Å². The number of carbonyl (C=O) groups excluding carboxylic acids is 3. The summed E-state index contributed by atoms with van der Waals surface area (Å²) in [4.78, 5) is 49.8. The van der Waals surface area contributed by atoms with E-state index in [-0.39, 0.29) is 12.3 Å². The molecule has 28 heavy (non-hydrogen) atoms. The first-order valence-electron chi connectivity index (χ1n) is 9.37. The molecule has 3 N–H and O–H groups in total. The van der Waals surface area contributed by atoms with Gasteiger partial charge in [-0.25, -0.2) is 9.59 Å². The molecule has 1 unspecified atom stereocenters. The minimum atomic E-state index is -1.21. The van der Waals surface area contributed by atoms with Gasteiger partial charge in [-0.2, -0.15) is 0 Å². The minimum absolute atomic E-state index is 0.0268. The summed E-state index contributed by atoms with van der Waals surface area (Å²) in [6.45, 7) is 11.6. The van der Waals surface area contributed by atoms with Crippen LogP contribution in [0.4, 0.5) is 4.79 Å². The smallest absolute Gasteiger partial charge is 0.408 e. The number of carboxylic acid groups (broad SMARTS) is 1. The number of nitrogens with one attached hydrogen (secondary N) is 2. The Morgan fingerprint density at radius 2 is 1.61 bits per heavy atom. The number of nitrogens with zero attached hydrogens (tertiary/aromatic N) is 1. The lowest BCUT2D eigenvalue weighted by Crippen LogP contribution is -2.58. The van der Waals surface area contributed by atoms with Crippen LogP contribution >= 0.6 is 0 Å². The van der Waals surface area contributed by atoms with Crippen LogP contribution in [-0.2, 0) is 19.1 Å². The van der Waals surface area contributed by atoms with Crippen LogP contribution in [0.1, 0.15) is 61.3 Å². The van der Waals surface area contributed by atoms with Crippen molar-refractivity contribution >= 4 is 23.9 Å². The first-order valence-corrected chi connectivity index (χ1v) is 9.37. The summed E-state index contributed by atoms with van der Waals surface area (Å²) >= 11 is 0. The molecule has 9 nitrogen and oxygen atoms in total. The maximum absolute atomic E-state index is 12.8. The minimum Gasteiger partial charge on any atom is -0.480 e. The van der Waals surface area contributed by atoms with Gasteiger partial charge in [-0.1, -0.05) is 6.92 Å². The van der Waals surface area contributed by atoms with E-state index in [1.54, 1.807) is 48.5 Å². The molecule has 0 bridgehead atoms. The lowest BCUT2D eigenvalue weighted by Gasteiger charge is -2.41. The van der Waals surface area contributed by atoms with Gasteiger partial charge in [0, 0.05) is 18.5 Å². The van der Waals surface area contributed by atoms with E-state index in [1.165, 1.54) is 11.9 Å². The highest BCUT2D eigenvalue weighted by Crippen LogP contribution is 2.24. The van der Waals surface area contributed by atoms with Crippen molar-refractivity contribution in [3.05, 3.63) is 0 Å². The molecule has 162 valence electrons.